The highest BCUT2D eigenvalue weighted by Gasteiger charge is 2.54. The number of nitrogens with one attached hydrogen (secondary N) is 1. The van der Waals surface area contributed by atoms with Crippen LogP contribution in [-0.4, -0.2) is 30.3 Å². The van der Waals surface area contributed by atoms with E-state index < -0.39 is 0 Å². The summed E-state index contributed by atoms with van der Waals surface area (Å²) >= 11 is 0. The monoisotopic (exact) mass is 344 g/mol. The van der Waals surface area contributed by atoms with E-state index in [0.717, 1.165) is 48.5 Å². The van der Waals surface area contributed by atoms with Crippen molar-refractivity contribution in [1.82, 2.24) is 10.2 Å². The maximum Gasteiger partial charge on any atom is 0.242 e. The molecule has 4 aliphatic carbocycles. The van der Waals surface area contributed by atoms with Gasteiger partial charge in [0.25, 0.3) is 0 Å². The van der Waals surface area contributed by atoms with E-state index in [1.165, 1.54) is 19.3 Å². The van der Waals surface area contributed by atoms with Crippen molar-refractivity contribution < 1.29 is 14.0 Å². The van der Waals surface area contributed by atoms with Crippen molar-refractivity contribution in [2.75, 3.05) is 13.6 Å². The molecule has 2 amide bonds. The lowest BCUT2D eigenvalue weighted by atomic mass is 9.49. The van der Waals surface area contributed by atoms with Gasteiger partial charge in [0.05, 0.1) is 13.1 Å². The molecule has 1 N–H and O–H groups in total. The van der Waals surface area contributed by atoms with E-state index in [-0.39, 0.29) is 23.8 Å². The summed E-state index contributed by atoms with van der Waals surface area (Å²) in [4.78, 5) is 26.8. The molecule has 4 bridgehead atoms. The Kier molecular flexibility index (Phi) is 4.13. The number of hydrogen-bond donors (Lipinski definition) is 1. The highest BCUT2D eigenvalue weighted by Crippen LogP contribution is 2.60. The zero-order chi connectivity index (χ0) is 17.6. The summed E-state index contributed by atoms with van der Waals surface area (Å²) in [6, 6.07) is 3.77. The summed E-state index contributed by atoms with van der Waals surface area (Å²) < 4.78 is 5.51. The third-order valence-corrected chi connectivity index (χ3v) is 6.53. The summed E-state index contributed by atoms with van der Waals surface area (Å²) in [5, 5.41) is 2.95. The third kappa shape index (κ3) is 3.21. The Morgan fingerprint density at radius 2 is 1.76 bits per heavy atom. The second-order valence-corrected chi connectivity index (χ2v) is 8.64. The first-order chi connectivity index (χ1) is 11.9. The van der Waals surface area contributed by atoms with E-state index in [1.54, 1.807) is 11.9 Å². The summed E-state index contributed by atoms with van der Waals surface area (Å²) in [5.74, 6) is 3.84. The van der Waals surface area contributed by atoms with Gasteiger partial charge in [0.2, 0.25) is 11.8 Å². The van der Waals surface area contributed by atoms with E-state index in [9.17, 15) is 9.59 Å². The van der Waals surface area contributed by atoms with Gasteiger partial charge in [-0.25, -0.2) is 0 Å². The van der Waals surface area contributed by atoms with Crippen molar-refractivity contribution in [2.45, 2.75) is 52.0 Å². The van der Waals surface area contributed by atoms with Crippen LogP contribution < -0.4 is 5.32 Å². The van der Waals surface area contributed by atoms with Gasteiger partial charge in [0.15, 0.2) is 0 Å². The first-order valence-electron chi connectivity index (χ1n) is 9.51. The average molecular weight is 344 g/mol. The molecule has 1 heterocycles. The highest BCUT2D eigenvalue weighted by molar-refractivity contribution is 5.88. The largest absolute Gasteiger partial charge is 0.464 e. The number of amides is 2. The molecule has 0 unspecified atom stereocenters. The SMILES string of the molecule is Cc1ccc(CN(C)C(=O)CNC(=O)C23CC4CC(CC(C4)C2)C3)o1. The van der Waals surface area contributed by atoms with Crippen LogP contribution in [0.1, 0.15) is 50.0 Å². The van der Waals surface area contributed by atoms with Crippen LogP contribution >= 0.6 is 0 Å². The molecule has 0 atom stereocenters. The van der Waals surface area contributed by atoms with Crippen LogP contribution in [0, 0.1) is 30.1 Å². The number of rotatable bonds is 5. The Labute approximate surface area is 149 Å². The molecular formula is C20H28N2O3. The summed E-state index contributed by atoms with van der Waals surface area (Å²) in [6.07, 6.45) is 7.03. The molecule has 0 spiro atoms. The van der Waals surface area contributed by atoms with Gasteiger partial charge in [-0.1, -0.05) is 0 Å². The van der Waals surface area contributed by atoms with E-state index >= 15 is 0 Å². The van der Waals surface area contributed by atoms with E-state index in [0.29, 0.717) is 6.54 Å². The molecule has 0 aromatic carbocycles. The minimum atomic E-state index is -0.189. The fraction of sp³-hybridized carbons (Fsp3) is 0.700. The number of hydrogen-bond acceptors (Lipinski definition) is 3. The first kappa shape index (κ1) is 16.7. The van der Waals surface area contributed by atoms with Gasteiger partial charge >= 0.3 is 0 Å². The Morgan fingerprint density at radius 1 is 1.16 bits per heavy atom. The summed E-state index contributed by atoms with van der Waals surface area (Å²) in [5.41, 5.74) is -0.189. The molecule has 136 valence electrons. The van der Waals surface area contributed by atoms with E-state index in [2.05, 4.69) is 5.32 Å². The molecule has 4 saturated carbocycles. The molecule has 4 fully saturated rings. The van der Waals surface area contributed by atoms with Crippen LogP contribution in [0.3, 0.4) is 0 Å². The van der Waals surface area contributed by atoms with Crippen LogP contribution in [0.5, 0.6) is 0 Å². The standard InChI is InChI=1S/C20H28N2O3/c1-13-3-4-17(25-13)12-22(2)18(23)11-21-19(24)20-8-14-5-15(9-20)7-16(6-14)10-20/h3-4,14-16H,5-12H2,1-2H3,(H,21,24). The summed E-state index contributed by atoms with van der Waals surface area (Å²) in [7, 11) is 1.75. The Bertz CT molecular complexity index is 643. The Balaban J connectivity index is 1.32. The maximum atomic E-state index is 12.9. The number of aryl methyl sites for hydroxylation is 1. The average Bonchev–Trinajstić information content (AvgIpc) is 2.95. The molecule has 4 aliphatic rings. The van der Waals surface area contributed by atoms with Crippen LogP contribution in [0.4, 0.5) is 0 Å². The topological polar surface area (TPSA) is 62.6 Å². The zero-order valence-corrected chi connectivity index (χ0v) is 15.2. The van der Waals surface area contributed by atoms with Crippen molar-refractivity contribution in [3.63, 3.8) is 0 Å². The van der Waals surface area contributed by atoms with E-state index in [4.69, 9.17) is 4.42 Å². The number of carbonyl (C=O) groups is 2. The molecule has 0 saturated heterocycles. The first-order valence-corrected chi connectivity index (χ1v) is 9.51. The lowest BCUT2D eigenvalue weighted by Crippen LogP contribution is -2.54. The predicted octanol–water partition coefficient (Wildman–Crippen LogP) is 2.88. The highest BCUT2D eigenvalue weighted by atomic mass is 16.3. The van der Waals surface area contributed by atoms with Crippen molar-refractivity contribution in [3.8, 4) is 0 Å². The fourth-order valence-corrected chi connectivity index (χ4v) is 5.76. The van der Waals surface area contributed by atoms with Gasteiger partial charge in [-0.15, -0.1) is 0 Å². The molecule has 5 heteroatoms. The molecule has 1 aromatic rings. The second-order valence-electron chi connectivity index (χ2n) is 8.64. The van der Waals surface area contributed by atoms with Gasteiger partial charge in [0, 0.05) is 12.5 Å². The van der Waals surface area contributed by atoms with Crippen molar-refractivity contribution in [1.29, 1.82) is 0 Å². The number of carbonyl (C=O) groups excluding carboxylic acids is 2. The van der Waals surface area contributed by atoms with Crippen molar-refractivity contribution in [2.24, 2.45) is 23.2 Å². The molecule has 1 aromatic heterocycles. The molecular weight excluding hydrogens is 316 g/mol. The fourth-order valence-electron chi connectivity index (χ4n) is 5.76. The second kappa shape index (κ2) is 6.19. The number of likely N-dealkylation sites (N-methyl/N-ethyl adjacent to an activating group) is 1. The van der Waals surface area contributed by atoms with Crippen LogP contribution in [0.2, 0.25) is 0 Å². The minimum Gasteiger partial charge on any atom is -0.464 e. The molecule has 25 heavy (non-hydrogen) atoms. The minimum absolute atomic E-state index is 0.0767. The Morgan fingerprint density at radius 3 is 2.28 bits per heavy atom. The Hall–Kier alpha value is -1.78. The smallest absolute Gasteiger partial charge is 0.242 e. The quantitative estimate of drug-likeness (QED) is 0.893. The lowest BCUT2D eigenvalue weighted by Gasteiger charge is -2.55. The van der Waals surface area contributed by atoms with Crippen molar-refractivity contribution >= 4 is 11.8 Å². The van der Waals surface area contributed by atoms with Gasteiger partial charge in [-0.2, -0.15) is 0 Å². The molecule has 0 aliphatic heterocycles. The van der Waals surface area contributed by atoms with Crippen LogP contribution in [0.15, 0.2) is 16.5 Å². The van der Waals surface area contributed by atoms with Gasteiger partial charge < -0.3 is 14.6 Å². The predicted molar refractivity (Wildman–Crippen MR) is 93.5 cm³/mol. The zero-order valence-electron chi connectivity index (χ0n) is 15.2. The normalized spacial score (nSPS) is 32.6. The maximum absolute atomic E-state index is 12.9. The van der Waals surface area contributed by atoms with Crippen LogP contribution in [0.25, 0.3) is 0 Å². The number of furan rings is 1. The summed E-state index contributed by atoms with van der Waals surface area (Å²) in [6.45, 7) is 2.40. The number of nitrogens with zero attached hydrogens (tertiary/aromatic N) is 1. The molecule has 5 nitrogen and oxygen atoms in total. The lowest BCUT2D eigenvalue weighted by molar-refractivity contribution is -0.147. The third-order valence-electron chi connectivity index (χ3n) is 6.53. The molecule has 5 rings (SSSR count). The van der Waals surface area contributed by atoms with Gasteiger partial charge in [-0.3, -0.25) is 9.59 Å². The van der Waals surface area contributed by atoms with Crippen LogP contribution in [-0.2, 0) is 16.1 Å². The van der Waals surface area contributed by atoms with Crippen molar-refractivity contribution in [3.05, 3.63) is 23.7 Å². The van der Waals surface area contributed by atoms with Gasteiger partial charge in [0.1, 0.15) is 11.5 Å². The van der Waals surface area contributed by atoms with E-state index in [1.807, 2.05) is 19.1 Å². The van der Waals surface area contributed by atoms with Gasteiger partial charge in [-0.05, 0) is 75.3 Å². The molecule has 0 radical (unpaired) electrons.